The third-order valence-electron chi connectivity index (χ3n) is 6.19. The summed E-state index contributed by atoms with van der Waals surface area (Å²) in [6, 6.07) is 15.3. The quantitative estimate of drug-likeness (QED) is 0.337. The second-order valence-corrected chi connectivity index (χ2v) is 12.7. The monoisotopic (exact) mass is 496 g/mol. The van der Waals surface area contributed by atoms with Crippen LogP contribution in [0.1, 0.15) is 51.7 Å². The average Bonchev–Trinajstić information content (AvgIpc) is 3.28. The van der Waals surface area contributed by atoms with Crippen LogP contribution >= 0.6 is 11.3 Å². The minimum absolute atomic E-state index is 0.125. The Labute approximate surface area is 206 Å². The van der Waals surface area contributed by atoms with Gasteiger partial charge < -0.3 is 0 Å². The van der Waals surface area contributed by atoms with Gasteiger partial charge in [0.05, 0.1) is 16.8 Å². The summed E-state index contributed by atoms with van der Waals surface area (Å²) < 4.78 is 27.5. The Morgan fingerprint density at radius 3 is 2.32 bits per heavy atom. The van der Waals surface area contributed by atoms with Gasteiger partial charge in [0.2, 0.25) is 15.2 Å². The third kappa shape index (κ3) is 5.74. The van der Waals surface area contributed by atoms with Gasteiger partial charge in [-0.05, 0) is 47.4 Å². The van der Waals surface area contributed by atoms with Gasteiger partial charge in [0, 0.05) is 24.0 Å². The number of aromatic nitrogens is 1. The molecule has 1 aliphatic heterocycles. The molecule has 34 heavy (non-hydrogen) atoms. The number of hydrogen-bond acceptors (Lipinski definition) is 6. The zero-order chi connectivity index (χ0) is 24.3. The predicted octanol–water partition coefficient (Wildman–Crippen LogP) is 5.97. The molecule has 0 unspecified atom stereocenters. The fourth-order valence-electron chi connectivity index (χ4n) is 3.86. The maximum Gasteiger partial charge on any atom is 0.243 e. The van der Waals surface area contributed by atoms with E-state index in [0.717, 1.165) is 29.7 Å². The summed E-state index contributed by atoms with van der Waals surface area (Å²) in [4.78, 5) is 4.92. The van der Waals surface area contributed by atoms with E-state index in [1.165, 1.54) is 16.9 Å². The van der Waals surface area contributed by atoms with Gasteiger partial charge >= 0.3 is 0 Å². The Hall–Kier alpha value is -2.55. The van der Waals surface area contributed by atoms with Crippen LogP contribution in [0.4, 0.5) is 5.13 Å². The highest BCUT2D eigenvalue weighted by molar-refractivity contribution is 7.89. The molecule has 0 amide bonds. The molecule has 2 heterocycles. The average molecular weight is 497 g/mol. The van der Waals surface area contributed by atoms with Crippen molar-refractivity contribution in [1.29, 1.82) is 0 Å². The van der Waals surface area contributed by atoms with Crippen molar-refractivity contribution in [3.63, 3.8) is 0 Å². The number of hydrogen-bond donors (Lipinski definition) is 1. The van der Waals surface area contributed by atoms with Gasteiger partial charge in [0.15, 0.2) is 0 Å². The minimum Gasteiger partial charge on any atom is -0.253 e. The van der Waals surface area contributed by atoms with Gasteiger partial charge in [-0.2, -0.15) is 9.41 Å². The van der Waals surface area contributed by atoms with Crippen molar-refractivity contribution in [2.24, 2.45) is 11.0 Å². The van der Waals surface area contributed by atoms with E-state index in [9.17, 15) is 8.42 Å². The first-order valence-electron chi connectivity index (χ1n) is 11.6. The zero-order valence-corrected chi connectivity index (χ0v) is 21.8. The first kappa shape index (κ1) is 24.6. The summed E-state index contributed by atoms with van der Waals surface area (Å²) in [6.07, 6.45) is 3.60. The molecule has 1 fully saturated rings. The van der Waals surface area contributed by atoms with Crippen LogP contribution in [0.25, 0.3) is 11.3 Å². The van der Waals surface area contributed by atoms with Gasteiger partial charge in [-0.15, -0.1) is 11.3 Å². The molecular weight excluding hydrogens is 464 g/mol. The van der Waals surface area contributed by atoms with Crippen LogP contribution < -0.4 is 5.43 Å². The number of nitrogens with zero attached hydrogens (tertiary/aromatic N) is 3. The van der Waals surface area contributed by atoms with E-state index in [4.69, 9.17) is 0 Å². The summed E-state index contributed by atoms with van der Waals surface area (Å²) >= 11 is 1.46. The van der Waals surface area contributed by atoms with E-state index in [-0.39, 0.29) is 5.41 Å². The van der Waals surface area contributed by atoms with Crippen molar-refractivity contribution < 1.29 is 8.42 Å². The number of nitrogens with one attached hydrogen (secondary N) is 1. The molecule has 180 valence electrons. The number of thiazole rings is 1. The van der Waals surface area contributed by atoms with E-state index >= 15 is 0 Å². The molecule has 2 aromatic carbocycles. The summed E-state index contributed by atoms with van der Waals surface area (Å²) in [7, 11) is -3.44. The molecule has 4 rings (SSSR count). The van der Waals surface area contributed by atoms with Crippen LogP contribution in [0, 0.1) is 5.92 Å². The second-order valence-electron chi connectivity index (χ2n) is 9.89. The fraction of sp³-hybridized carbons (Fsp3) is 0.385. The van der Waals surface area contributed by atoms with Crippen LogP contribution in [-0.4, -0.2) is 37.0 Å². The lowest BCUT2D eigenvalue weighted by atomic mass is 9.87. The van der Waals surface area contributed by atoms with Crippen LogP contribution in [0.2, 0.25) is 0 Å². The first-order valence-corrected chi connectivity index (χ1v) is 13.9. The molecule has 0 saturated carbocycles. The third-order valence-corrected chi connectivity index (χ3v) is 8.84. The highest BCUT2D eigenvalue weighted by Crippen LogP contribution is 2.28. The molecule has 0 bridgehead atoms. The molecule has 8 heteroatoms. The lowest BCUT2D eigenvalue weighted by Crippen LogP contribution is -2.37. The van der Waals surface area contributed by atoms with E-state index in [0.29, 0.717) is 29.0 Å². The largest absolute Gasteiger partial charge is 0.253 e. The Balaban J connectivity index is 1.39. The molecule has 1 aromatic heterocycles. The Bertz CT molecular complexity index is 1230. The van der Waals surface area contributed by atoms with Gasteiger partial charge in [-0.3, -0.25) is 5.43 Å². The molecule has 3 aromatic rings. The number of piperidine rings is 1. The Morgan fingerprint density at radius 1 is 1.06 bits per heavy atom. The smallest absolute Gasteiger partial charge is 0.243 e. The molecule has 1 aliphatic rings. The SMILES string of the molecule is CC1CCN(S(=O)(=O)c2ccc(-c3csc(N/N=C/c4ccc(C(C)(C)C)cc4)n3)cc2)CC1. The van der Waals surface area contributed by atoms with Crippen molar-refractivity contribution in [3.8, 4) is 11.3 Å². The Morgan fingerprint density at radius 2 is 1.71 bits per heavy atom. The van der Waals surface area contributed by atoms with E-state index in [2.05, 4.69) is 67.5 Å². The van der Waals surface area contributed by atoms with E-state index in [1.54, 1.807) is 22.7 Å². The molecule has 0 aliphatic carbocycles. The molecule has 0 spiro atoms. The molecule has 1 saturated heterocycles. The van der Waals surface area contributed by atoms with Crippen LogP contribution in [0.5, 0.6) is 0 Å². The van der Waals surface area contributed by atoms with Gasteiger partial charge in [0.25, 0.3) is 0 Å². The number of anilines is 1. The van der Waals surface area contributed by atoms with Crippen molar-refractivity contribution in [3.05, 3.63) is 65.0 Å². The van der Waals surface area contributed by atoms with Crippen molar-refractivity contribution in [2.75, 3.05) is 18.5 Å². The van der Waals surface area contributed by atoms with E-state index in [1.807, 2.05) is 17.5 Å². The summed E-state index contributed by atoms with van der Waals surface area (Å²) in [5, 5.41) is 6.92. The fourth-order valence-corrected chi connectivity index (χ4v) is 6.00. The summed E-state index contributed by atoms with van der Waals surface area (Å²) in [6.45, 7) is 9.93. The van der Waals surface area contributed by atoms with Gasteiger partial charge in [0.1, 0.15) is 0 Å². The van der Waals surface area contributed by atoms with Crippen molar-refractivity contribution in [2.45, 2.75) is 50.8 Å². The predicted molar refractivity (Wildman–Crippen MR) is 141 cm³/mol. The van der Waals surface area contributed by atoms with E-state index < -0.39 is 10.0 Å². The molecule has 0 radical (unpaired) electrons. The highest BCUT2D eigenvalue weighted by atomic mass is 32.2. The number of sulfonamides is 1. The lowest BCUT2D eigenvalue weighted by molar-refractivity contribution is 0.288. The Kier molecular flexibility index (Phi) is 7.21. The highest BCUT2D eigenvalue weighted by Gasteiger charge is 2.28. The summed E-state index contributed by atoms with van der Waals surface area (Å²) in [5.74, 6) is 0.583. The number of rotatable bonds is 6. The standard InChI is InChI=1S/C26H32N4O2S2/c1-19-13-15-30(16-14-19)34(31,32)23-11-7-21(8-12-23)24-18-33-25(28-24)29-27-17-20-5-9-22(10-6-20)26(2,3)4/h5-12,17-19H,13-16H2,1-4H3,(H,28,29)/b27-17+. The molecule has 1 N–H and O–H groups in total. The zero-order valence-electron chi connectivity index (χ0n) is 20.2. The van der Waals surface area contributed by atoms with Crippen LogP contribution in [0.15, 0.2) is 63.9 Å². The van der Waals surface area contributed by atoms with Crippen molar-refractivity contribution in [1.82, 2.24) is 9.29 Å². The molecule has 6 nitrogen and oxygen atoms in total. The topological polar surface area (TPSA) is 74.7 Å². The number of benzene rings is 2. The molecule has 0 atom stereocenters. The normalized spacial score (nSPS) is 16.2. The maximum absolute atomic E-state index is 12.9. The maximum atomic E-state index is 12.9. The van der Waals surface area contributed by atoms with Crippen LogP contribution in [-0.2, 0) is 15.4 Å². The number of hydrazone groups is 1. The summed E-state index contributed by atoms with van der Waals surface area (Å²) in [5.41, 5.74) is 7.06. The second kappa shape index (κ2) is 9.98. The molecular formula is C26H32N4O2S2. The van der Waals surface area contributed by atoms with Gasteiger partial charge in [-0.25, -0.2) is 13.4 Å². The first-order chi connectivity index (χ1) is 16.1. The van der Waals surface area contributed by atoms with Gasteiger partial charge in [-0.1, -0.05) is 64.1 Å². The van der Waals surface area contributed by atoms with Crippen molar-refractivity contribution >= 4 is 32.7 Å². The minimum atomic E-state index is -3.44. The van der Waals surface area contributed by atoms with Crippen LogP contribution in [0.3, 0.4) is 0 Å². The lowest BCUT2D eigenvalue weighted by Gasteiger charge is -2.29.